The van der Waals surface area contributed by atoms with Gasteiger partial charge >= 0.3 is 5.97 Å². The molecule has 0 aliphatic heterocycles. The first-order valence-corrected chi connectivity index (χ1v) is 9.05. The molecule has 1 aliphatic carbocycles. The second kappa shape index (κ2) is 7.91. The molecule has 1 atom stereocenters. The summed E-state index contributed by atoms with van der Waals surface area (Å²) < 4.78 is 5.72. The Bertz CT molecular complexity index is 800. The molecule has 1 aromatic heterocycles. The van der Waals surface area contributed by atoms with Crippen LogP contribution in [0.2, 0.25) is 5.02 Å². The Morgan fingerprint density at radius 1 is 1.38 bits per heavy atom. The second-order valence-electron chi connectivity index (χ2n) is 6.61. The SMILES string of the molecule is CC(CN(C(=O)CCc1ncc(-c2ccccc2Cl)o1)C1CC1)C(=O)O. The summed E-state index contributed by atoms with van der Waals surface area (Å²) in [5, 5.41) is 9.66. The van der Waals surface area contributed by atoms with Crippen molar-refractivity contribution in [2.75, 3.05) is 6.54 Å². The van der Waals surface area contributed by atoms with E-state index >= 15 is 0 Å². The van der Waals surface area contributed by atoms with Crippen LogP contribution in [0.25, 0.3) is 11.3 Å². The Labute approximate surface area is 156 Å². The average molecular weight is 377 g/mol. The first-order chi connectivity index (χ1) is 12.5. The third-order valence-corrected chi connectivity index (χ3v) is 4.78. The number of carbonyl (C=O) groups excluding carboxylic acids is 1. The molecule has 1 amide bonds. The van der Waals surface area contributed by atoms with Crippen molar-refractivity contribution in [2.24, 2.45) is 5.92 Å². The zero-order valence-electron chi connectivity index (χ0n) is 14.5. The molecule has 0 radical (unpaired) electrons. The molecule has 1 unspecified atom stereocenters. The Morgan fingerprint density at radius 2 is 2.12 bits per heavy atom. The van der Waals surface area contributed by atoms with Gasteiger partial charge in [0.15, 0.2) is 11.7 Å². The quantitative estimate of drug-likeness (QED) is 0.760. The minimum Gasteiger partial charge on any atom is -0.481 e. The van der Waals surface area contributed by atoms with E-state index in [-0.39, 0.29) is 24.9 Å². The number of halogens is 1. The highest BCUT2D eigenvalue weighted by molar-refractivity contribution is 6.33. The monoisotopic (exact) mass is 376 g/mol. The second-order valence-corrected chi connectivity index (χ2v) is 7.02. The van der Waals surface area contributed by atoms with E-state index in [1.54, 1.807) is 24.1 Å². The Balaban J connectivity index is 1.60. The van der Waals surface area contributed by atoms with E-state index < -0.39 is 11.9 Å². The topological polar surface area (TPSA) is 83.6 Å². The van der Waals surface area contributed by atoms with Crippen LogP contribution in [-0.4, -0.2) is 39.5 Å². The van der Waals surface area contributed by atoms with Gasteiger partial charge in [0.1, 0.15) is 0 Å². The van der Waals surface area contributed by atoms with Crippen molar-refractivity contribution in [3.8, 4) is 11.3 Å². The van der Waals surface area contributed by atoms with E-state index in [0.717, 1.165) is 18.4 Å². The third-order valence-electron chi connectivity index (χ3n) is 4.45. The Kier molecular flexibility index (Phi) is 5.61. The number of carboxylic acids is 1. The molecule has 1 fully saturated rings. The van der Waals surface area contributed by atoms with Gasteiger partial charge in [-0.15, -0.1) is 0 Å². The summed E-state index contributed by atoms with van der Waals surface area (Å²) in [5.74, 6) is -0.487. The molecule has 0 bridgehead atoms. The summed E-state index contributed by atoms with van der Waals surface area (Å²) >= 11 is 6.16. The van der Waals surface area contributed by atoms with Crippen LogP contribution >= 0.6 is 11.6 Å². The number of oxazole rings is 1. The fourth-order valence-electron chi connectivity index (χ4n) is 2.78. The summed E-state index contributed by atoms with van der Waals surface area (Å²) in [6.07, 6.45) is 4.09. The zero-order chi connectivity index (χ0) is 18.7. The third kappa shape index (κ3) is 4.43. The van der Waals surface area contributed by atoms with Crippen LogP contribution in [0, 0.1) is 5.92 Å². The van der Waals surface area contributed by atoms with E-state index in [4.69, 9.17) is 21.1 Å². The zero-order valence-corrected chi connectivity index (χ0v) is 15.3. The maximum absolute atomic E-state index is 12.5. The normalized spacial score (nSPS) is 14.8. The Morgan fingerprint density at radius 3 is 2.77 bits per heavy atom. The summed E-state index contributed by atoms with van der Waals surface area (Å²) in [6.45, 7) is 1.87. The number of nitrogens with zero attached hydrogens (tertiary/aromatic N) is 2. The highest BCUT2D eigenvalue weighted by Gasteiger charge is 2.34. The smallest absolute Gasteiger partial charge is 0.308 e. The number of aliphatic carboxylic acids is 1. The van der Waals surface area contributed by atoms with Crippen molar-refractivity contribution >= 4 is 23.5 Å². The number of hydrogen-bond donors (Lipinski definition) is 1. The van der Waals surface area contributed by atoms with Crippen molar-refractivity contribution in [3.05, 3.63) is 41.4 Å². The minimum atomic E-state index is -0.888. The molecule has 2 aromatic rings. The molecule has 26 heavy (non-hydrogen) atoms. The highest BCUT2D eigenvalue weighted by atomic mass is 35.5. The van der Waals surface area contributed by atoms with Crippen molar-refractivity contribution in [1.29, 1.82) is 0 Å². The number of aryl methyl sites for hydroxylation is 1. The number of hydrogen-bond acceptors (Lipinski definition) is 4. The maximum Gasteiger partial charge on any atom is 0.308 e. The van der Waals surface area contributed by atoms with Gasteiger partial charge < -0.3 is 14.4 Å². The lowest BCUT2D eigenvalue weighted by Gasteiger charge is -2.24. The lowest BCUT2D eigenvalue weighted by molar-refractivity contribution is -0.143. The van der Waals surface area contributed by atoms with Crippen LogP contribution < -0.4 is 0 Å². The van der Waals surface area contributed by atoms with Gasteiger partial charge in [0.2, 0.25) is 5.91 Å². The molecule has 1 saturated carbocycles. The molecule has 138 valence electrons. The molecule has 0 spiro atoms. The standard InChI is InChI=1S/C19H21ClN2O4/c1-12(19(24)25)11-22(13-6-7-13)18(23)9-8-17-21-10-16(26-17)14-4-2-3-5-15(14)20/h2-5,10,12-13H,6-9,11H2,1H3,(H,24,25). The van der Waals surface area contributed by atoms with Gasteiger partial charge in [0.25, 0.3) is 0 Å². The number of amides is 1. The molecule has 1 heterocycles. The fraction of sp³-hybridized carbons (Fsp3) is 0.421. The summed E-state index contributed by atoms with van der Waals surface area (Å²) in [5.41, 5.74) is 0.758. The number of carbonyl (C=O) groups is 2. The van der Waals surface area contributed by atoms with Crippen LogP contribution in [0.15, 0.2) is 34.9 Å². The van der Waals surface area contributed by atoms with Crippen LogP contribution in [0.3, 0.4) is 0 Å². The first-order valence-electron chi connectivity index (χ1n) is 8.67. The predicted molar refractivity (Wildman–Crippen MR) is 96.8 cm³/mol. The van der Waals surface area contributed by atoms with Crippen LogP contribution in [-0.2, 0) is 16.0 Å². The predicted octanol–water partition coefficient (Wildman–Crippen LogP) is 3.64. The molecule has 6 nitrogen and oxygen atoms in total. The number of aromatic nitrogens is 1. The maximum atomic E-state index is 12.5. The molecule has 1 aliphatic rings. The molecule has 0 saturated heterocycles. The number of carboxylic acid groups (broad SMARTS) is 1. The van der Waals surface area contributed by atoms with E-state index in [1.807, 2.05) is 18.2 Å². The van der Waals surface area contributed by atoms with Crippen LogP contribution in [0.4, 0.5) is 0 Å². The molecular formula is C19H21ClN2O4. The summed E-state index contributed by atoms with van der Waals surface area (Å²) in [4.78, 5) is 29.5. The molecule has 3 rings (SSSR count). The van der Waals surface area contributed by atoms with Gasteiger partial charge in [-0.25, -0.2) is 4.98 Å². The van der Waals surface area contributed by atoms with Crippen molar-refractivity contribution in [1.82, 2.24) is 9.88 Å². The highest BCUT2D eigenvalue weighted by Crippen LogP contribution is 2.30. The fourth-order valence-corrected chi connectivity index (χ4v) is 3.01. The van der Waals surface area contributed by atoms with Gasteiger partial charge in [-0.1, -0.05) is 30.7 Å². The lowest BCUT2D eigenvalue weighted by Crippen LogP contribution is -2.38. The van der Waals surface area contributed by atoms with Crippen LogP contribution in [0.1, 0.15) is 32.1 Å². The van der Waals surface area contributed by atoms with Crippen LogP contribution in [0.5, 0.6) is 0 Å². The average Bonchev–Trinajstić information content (AvgIpc) is 3.35. The van der Waals surface area contributed by atoms with E-state index in [9.17, 15) is 9.59 Å². The molecular weight excluding hydrogens is 356 g/mol. The number of rotatable bonds is 8. The van der Waals surface area contributed by atoms with Crippen molar-refractivity contribution in [3.63, 3.8) is 0 Å². The van der Waals surface area contributed by atoms with Gasteiger partial charge in [0.05, 0.1) is 17.1 Å². The molecule has 1 N–H and O–H groups in total. The molecule has 7 heteroatoms. The van der Waals surface area contributed by atoms with E-state index in [2.05, 4.69) is 4.98 Å². The Hall–Kier alpha value is -2.34. The van der Waals surface area contributed by atoms with Crippen molar-refractivity contribution in [2.45, 2.75) is 38.6 Å². The van der Waals surface area contributed by atoms with Gasteiger partial charge in [0, 0.05) is 31.0 Å². The summed E-state index contributed by atoms with van der Waals surface area (Å²) in [6, 6.07) is 7.50. The van der Waals surface area contributed by atoms with E-state index in [0.29, 0.717) is 23.1 Å². The first kappa shape index (κ1) is 18.5. The summed E-state index contributed by atoms with van der Waals surface area (Å²) in [7, 11) is 0. The van der Waals surface area contributed by atoms with Gasteiger partial charge in [-0.2, -0.15) is 0 Å². The van der Waals surface area contributed by atoms with Crippen molar-refractivity contribution < 1.29 is 19.1 Å². The van der Waals surface area contributed by atoms with E-state index in [1.165, 1.54) is 0 Å². The van der Waals surface area contributed by atoms with Gasteiger partial charge in [-0.3, -0.25) is 9.59 Å². The lowest BCUT2D eigenvalue weighted by atomic mass is 10.1. The van der Waals surface area contributed by atoms with Gasteiger partial charge in [-0.05, 0) is 25.0 Å². The number of benzene rings is 1. The minimum absolute atomic E-state index is 0.0573. The molecule has 1 aromatic carbocycles. The largest absolute Gasteiger partial charge is 0.481 e.